The van der Waals surface area contributed by atoms with Crippen molar-refractivity contribution in [2.75, 3.05) is 18.1 Å². The van der Waals surface area contributed by atoms with Crippen LogP contribution in [0.4, 0.5) is 10.1 Å². The van der Waals surface area contributed by atoms with E-state index >= 15 is 0 Å². The standard InChI is InChI=1S/C11H13FN2O3S/c1-18(16,17)7-2-3-9(8(12)6-7)14-10-4-5-13-11(10)15/h2-3,6,10,14H,4-5H2,1H3,(H,13,15)/t10-/m0/s1. The normalized spacial score (nSPS) is 19.7. The van der Waals surface area contributed by atoms with E-state index in [0.29, 0.717) is 13.0 Å². The first-order valence-electron chi connectivity index (χ1n) is 5.42. The van der Waals surface area contributed by atoms with Crippen LogP contribution in [-0.4, -0.2) is 33.2 Å². The fourth-order valence-electron chi connectivity index (χ4n) is 1.76. The average Bonchev–Trinajstić information content (AvgIpc) is 2.66. The van der Waals surface area contributed by atoms with Crippen molar-refractivity contribution in [3.05, 3.63) is 24.0 Å². The van der Waals surface area contributed by atoms with Crippen LogP contribution in [0.25, 0.3) is 0 Å². The minimum absolute atomic E-state index is 0.0820. The van der Waals surface area contributed by atoms with Gasteiger partial charge in [0.2, 0.25) is 5.91 Å². The lowest BCUT2D eigenvalue weighted by Crippen LogP contribution is -2.29. The molecule has 2 N–H and O–H groups in total. The van der Waals surface area contributed by atoms with E-state index in [-0.39, 0.29) is 16.5 Å². The molecule has 0 radical (unpaired) electrons. The van der Waals surface area contributed by atoms with Crippen LogP contribution >= 0.6 is 0 Å². The van der Waals surface area contributed by atoms with Crippen LogP contribution in [0.3, 0.4) is 0 Å². The topological polar surface area (TPSA) is 75.3 Å². The van der Waals surface area contributed by atoms with Crippen LogP contribution in [0.15, 0.2) is 23.1 Å². The van der Waals surface area contributed by atoms with Crippen molar-refractivity contribution in [2.24, 2.45) is 0 Å². The maximum Gasteiger partial charge on any atom is 0.242 e. The zero-order valence-electron chi connectivity index (χ0n) is 9.73. The number of nitrogens with one attached hydrogen (secondary N) is 2. The van der Waals surface area contributed by atoms with E-state index in [4.69, 9.17) is 0 Å². The maximum absolute atomic E-state index is 13.7. The van der Waals surface area contributed by atoms with Crippen LogP contribution in [0.5, 0.6) is 0 Å². The first-order valence-corrected chi connectivity index (χ1v) is 7.31. The summed E-state index contributed by atoms with van der Waals surface area (Å²) >= 11 is 0. The second-order valence-electron chi connectivity index (χ2n) is 4.19. The van der Waals surface area contributed by atoms with Crippen molar-refractivity contribution >= 4 is 21.4 Å². The van der Waals surface area contributed by atoms with E-state index in [2.05, 4.69) is 10.6 Å². The Hall–Kier alpha value is -1.63. The van der Waals surface area contributed by atoms with Crippen LogP contribution < -0.4 is 10.6 Å². The third-order valence-electron chi connectivity index (χ3n) is 2.75. The summed E-state index contributed by atoms with van der Waals surface area (Å²) in [5.74, 6) is -0.862. The maximum atomic E-state index is 13.7. The van der Waals surface area contributed by atoms with Crippen LogP contribution in [0, 0.1) is 5.82 Å². The Balaban J connectivity index is 2.23. The molecule has 0 aliphatic carbocycles. The molecule has 0 saturated carbocycles. The molecule has 1 aromatic carbocycles. The number of anilines is 1. The Morgan fingerprint density at radius 2 is 2.17 bits per heavy atom. The first kappa shape index (κ1) is 12.8. The van der Waals surface area contributed by atoms with Crippen molar-refractivity contribution in [3.63, 3.8) is 0 Å². The van der Waals surface area contributed by atoms with Gasteiger partial charge in [0.15, 0.2) is 9.84 Å². The largest absolute Gasteiger partial charge is 0.371 e. The molecule has 18 heavy (non-hydrogen) atoms. The third kappa shape index (κ3) is 2.61. The Labute approximate surface area is 104 Å². The van der Waals surface area contributed by atoms with E-state index in [0.717, 1.165) is 12.3 Å². The molecule has 5 nitrogen and oxygen atoms in total. The molecule has 1 aliphatic heterocycles. The molecular formula is C11H13FN2O3S. The SMILES string of the molecule is CS(=O)(=O)c1ccc(N[C@H]2CCNC2=O)c(F)c1. The van der Waals surface area contributed by atoms with Crippen molar-refractivity contribution in [3.8, 4) is 0 Å². The Kier molecular flexibility index (Phi) is 3.25. The highest BCUT2D eigenvalue weighted by Crippen LogP contribution is 2.20. The molecule has 0 unspecified atom stereocenters. The van der Waals surface area contributed by atoms with Gasteiger partial charge in [-0.1, -0.05) is 0 Å². The number of rotatable bonds is 3. The zero-order chi connectivity index (χ0) is 13.3. The van der Waals surface area contributed by atoms with E-state index in [1.165, 1.54) is 12.1 Å². The number of hydrogen-bond acceptors (Lipinski definition) is 4. The number of carbonyl (C=O) groups is 1. The van der Waals surface area contributed by atoms with Gasteiger partial charge in [-0.2, -0.15) is 0 Å². The molecular weight excluding hydrogens is 259 g/mol. The number of halogens is 1. The fourth-order valence-corrected chi connectivity index (χ4v) is 2.40. The second-order valence-corrected chi connectivity index (χ2v) is 6.21. The Morgan fingerprint density at radius 1 is 1.44 bits per heavy atom. The highest BCUT2D eigenvalue weighted by Gasteiger charge is 2.24. The quantitative estimate of drug-likeness (QED) is 0.841. The molecule has 1 aliphatic rings. The minimum Gasteiger partial charge on any atom is -0.371 e. The molecule has 1 saturated heterocycles. The molecule has 0 aromatic heterocycles. The first-order chi connectivity index (χ1) is 8.38. The molecule has 0 spiro atoms. The van der Waals surface area contributed by atoms with E-state index in [1.54, 1.807) is 0 Å². The summed E-state index contributed by atoms with van der Waals surface area (Å²) in [5.41, 5.74) is 0.129. The molecule has 7 heteroatoms. The molecule has 1 heterocycles. The second kappa shape index (κ2) is 4.56. The molecule has 1 fully saturated rings. The third-order valence-corrected chi connectivity index (χ3v) is 3.86. The predicted octanol–water partition coefficient (Wildman–Crippen LogP) is 0.530. The minimum atomic E-state index is -3.43. The van der Waals surface area contributed by atoms with Gasteiger partial charge in [-0.05, 0) is 24.6 Å². The molecule has 1 atom stereocenters. The highest BCUT2D eigenvalue weighted by molar-refractivity contribution is 7.90. The Bertz CT molecular complexity index is 586. The number of hydrogen-bond donors (Lipinski definition) is 2. The van der Waals surface area contributed by atoms with Gasteiger partial charge in [0.1, 0.15) is 11.9 Å². The van der Waals surface area contributed by atoms with Crippen LogP contribution in [0.1, 0.15) is 6.42 Å². The number of sulfone groups is 1. The van der Waals surface area contributed by atoms with Crippen LogP contribution in [-0.2, 0) is 14.6 Å². The lowest BCUT2D eigenvalue weighted by molar-refractivity contribution is -0.119. The van der Waals surface area contributed by atoms with Gasteiger partial charge >= 0.3 is 0 Å². The van der Waals surface area contributed by atoms with Gasteiger partial charge in [-0.25, -0.2) is 12.8 Å². The summed E-state index contributed by atoms with van der Waals surface area (Å²) in [6.45, 7) is 0.555. The molecule has 2 rings (SSSR count). The van der Waals surface area contributed by atoms with E-state index in [9.17, 15) is 17.6 Å². The van der Waals surface area contributed by atoms with Crippen molar-refractivity contribution in [2.45, 2.75) is 17.4 Å². The Morgan fingerprint density at radius 3 is 2.67 bits per heavy atom. The van der Waals surface area contributed by atoms with Crippen molar-refractivity contribution < 1.29 is 17.6 Å². The summed E-state index contributed by atoms with van der Waals surface area (Å²) in [5, 5.41) is 5.38. The van der Waals surface area contributed by atoms with Gasteiger partial charge in [0.25, 0.3) is 0 Å². The van der Waals surface area contributed by atoms with Gasteiger partial charge in [0, 0.05) is 12.8 Å². The summed E-state index contributed by atoms with van der Waals surface area (Å²) in [7, 11) is -3.43. The fraction of sp³-hybridized carbons (Fsp3) is 0.364. The van der Waals surface area contributed by atoms with Gasteiger partial charge < -0.3 is 10.6 Å². The average molecular weight is 272 g/mol. The van der Waals surface area contributed by atoms with E-state index < -0.39 is 21.7 Å². The van der Waals surface area contributed by atoms with Gasteiger partial charge in [0.05, 0.1) is 10.6 Å². The van der Waals surface area contributed by atoms with E-state index in [1.807, 2.05) is 0 Å². The van der Waals surface area contributed by atoms with Gasteiger partial charge in [-0.3, -0.25) is 4.79 Å². The molecule has 98 valence electrons. The number of amides is 1. The monoisotopic (exact) mass is 272 g/mol. The number of carbonyl (C=O) groups excluding carboxylic acids is 1. The molecule has 0 bridgehead atoms. The zero-order valence-corrected chi connectivity index (χ0v) is 10.6. The predicted molar refractivity (Wildman–Crippen MR) is 64.5 cm³/mol. The van der Waals surface area contributed by atoms with Crippen molar-refractivity contribution in [1.29, 1.82) is 0 Å². The number of benzene rings is 1. The smallest absolute Gasteiger partial charge is 0.242 e. The molecule has 1 aromatic rings. The highest BCUT2D eigenvalue weighted by atomic mass is 32.2. The van der Waals surface area contributed by atoms with Crippen molar-refractivity contribution in [1.82, 2.24) is 5.32 Å². The lowest BCUT2D eigenvalue weighted by atomic mass is 10.2. The summed E-state index contributed by atoms with van der Waals surface area (Å²) < 4.78 is 36.2. The summed E-state index contributed by atoms with van der Waals surface area (Å²) in [4.78, 5) is 11.2. The lowest BCUT2D eigenvalue weighted by Gasteiger charge is -2.12. The van der Waals surface area contributed by atoms with Crippen LogP contribution in [0.2, 0.25) is 0 Å². The molecule has 1 amide bonds. The van der Waals surface area contributed by atoms with Gasteiger partial charge in [-0.15, -0.1) is 0 Å². The summed E-state index contributed by atoms with van der Waals surface area (Å²) in [6, 6.07) is 3.12. The summed E-state index contributed by atoms with van der Waals surface area (Å²) in [6.07, 6.45) is 1.59.